The molecule has 3 rings (SSSR count). The predicted molar refractivity (Wildman–Crippen MR) is 87.0 cm³/mol. The summed E-state index contributed by atoms with van der Waals surface area (Å²) in [6, 6.07) is 11.0. The second kappa shape index (κ2) is 6.67. The van der Waals surface area contributed by atoms with Crippen LogP contribution in [0.15, 0.2) is 47.0 Å². The molecule has 8 heteroatoms. The number of anilines is 1. The highest BCUT2D eigenvalue weighted by atomic mass is 35.5. The van der Waals surface area contributed by atoms with Crippen LogP contribution >= 0.6 is 11.6 Å². The van der Waals surface area contributed by atoms with Crippen molar-refractivity contribution in [2.45, 2.75) is 6.54 Å². The van der Waals surface area contributed by atoms with Gasteiger partial charge < -0.3 is 15.6 Å². The molecule has 0 saturated heterocycles. The summed E-state index contributed by atoms with van der Waals surface area (Å²) in [4.78, 5) is 15.4. The van der Waals surface area contributed by atoms with Gasteiger partial charge >= 0.3 is 0 Å². The van der Waals surface area contributed by atoms with Crippen LogP contribution in [0.2, 0.25) is 5.02 Å². The fourth-order valence-corrected chi connectivity index (χ4v) is 2.26. The van der Waals surface area contributed by atoms with Crippen molar-refractivity contribution in [1.82, 2.24) is 10.1 Å². The third-order valence-corrected chi connectivity index (χ3v) is 3.46. The number of halogens is 2. The molecular weight excluding hydrogens is 335 g/mol. The molecular formula is C16H12ClFN4O2. The molecule has 0 aliphatic heterocycles. The van der Waals surface area contributed by atoms with Crippen LogP contribution in [0.25, 0.3) is 11.5 Å². The number of benzene rings is 2. The van der Waals surface area contributed by atoms with E-state index in [0.717, 1.165) is 6.07 Å². The van der Waals surface area contributed by atoms with Crippen molar-refractivity contribution in [2.75, 3.05) is 5.32 Å². The molecule has 24 heavy (non-hydrogen) atoms. The first-order valence-electron chi connectivity index (χ1n) is 6.94. The van der Waals surface area contributed by atoms with E-state index in [4.69, 9.17) is 21.9 Å². The molecule has 0 unspecified atom stereocenters. The first-order valence-corrected chi connectivity index (χ1v) is 7.32. The molecule has 0 aliphatic rings. The molecule has 122 valence electrons. The van der Waals surface area contributed by atoms with Gasteiger partial charge in [-0.1, -0.05) is 22.8 Å². The lowest BCUT2D eigenvalue weighted by Gasteiger charge is -2.05. The number of nitrogens with zero attached hydrogens (tertiary/aromatic N) is 2. The smallest absolute Gasteiger partial charge is 0.258 e. The van der Waals surface area contributed by atoms with Crippen molar-refractivity contribution in [3.05, 3.63) is 64.7 Å². The highest BCUT2D eigenvalue weighted by Gasteiger charge is 2.11. The first-order chi connectivity index (χ1) is 11.5. The second-order valence-electron chi connectivity index (χ2n) is 4.94. The molecule has 0 aliphatic carbocycles. The van der Waals surface area contributed by atoms with Gasteiger partial charge in [0, 0.05) is 16.3 Å². The van der Waals surface area contributed by atoms with Crippen molar-refractivity contribution in [3.8, 4) is 11.5 Å². The minimum absolute atomic E-state index is 0.187. The minimum atomic E-state index is -0.834. The summed E-state index contributed by atoms with van der Waals surface area (Å²) in [7, 11) is 0. The normalized spacial score (nSPS) is 10.6. The number of hydrogen-bond acceptors (Lipinski definition) is 5. The van der Waals surface area contributed by atoms with Gasteiger partial charge in [-0.2, -0.15) is 4.98 Å². The maximum atomic E-state index is 13.4. The molecule has 0 fully saturated rings. The van der Waals surface area contributed by atoms with Crippen LogP contribution < -0.4 is 11.1 Å². The summed E-state index contributed by atoms with van der Waals surface area (Å²) >= 11 is 5.93. The molecule has 6 nitrogen and oxygen atoms in total. The van der Waals surface area contributed by atoms with Crippen molar-refractivity contribution >= 4 is 23.2 Å². The molecule has 0 radical (unpaired) electrons. The predicted octanol–water partition coefficient (Wildman–Crippen LogP) is 3.24. The van der Waals surface area contributed by atoms with Gasteiger partial charge in [-0.25, -0.2) is 4.39 Å². The number of hydrogen-bond donors (Lipinski definition) is 2. The number of aromatic nitrogens is 2. The average Bonchev–Trinajstić information content (AvgIpc) is 3.03. The number of carbonyl (C=O) groups is 1. The molecule has 1 amide bonds. The Labute approximate surface area is 141 Å². The summed E-state index contributed by atoms with van der Waals surface area (Å²) in [5, 5.41) is 7.39. The number of amides is 1. The Kier molecular flexibility index (Phi) is 4.43. The number of nitrogens with two attached hydrogens (primary N) is 1. The molecule has 0 spiro atoms. The molecule has 0 bridgehead atoms. The van der Waals surface area contributed by atoms with Gasteiger partial charge in [0.1, 0.15) is 5.82 Å². The van der Waals surface area contributed by atoms with Crippen LogP contribution in [-0.2, 0) is 6.54 Å². The Morgan fingerprint density at radius 1 is 1.29 bits per heavy atom. The monoisotopic (exact) mass is 346 g/mol. The van der Waals surface area contributed by atoms with Crippen LogP contribution in [0.1, 0.15) is 16.2 Å². The topological polar surface area (TPSA) is 94.0 Å². The van der Waals surface area contributed by atoms with Crippen molar-refractivity contribution < 1.29 is 13.7 Å². The summed E-state index contributed by atoms with van der Waals surface area (Å²) in [6.45, 7) is 0.230. The van der Waals surface area contributed by atoms with E-state index in [-0.39, 0.29) is 12.1 Å². The summed E-state index contributed by atoms with van der Waals surface area (Å²) in [5.74, 6) is -0.768. The third kappa shape index (κ3) is 3.52. The van der Waals surface area contributed by atoms with Crippen LogP contribution in [0.5, 0.6) is 0 Å². The van der Waals surface area contributed by atoms with E-state index < -0.39 is 11.7 Å². The first kappa shape index (κ1) is 15.9. The van der Waals surface area contributed by atoms with Crippen molar-refractivity contribution in [1.29, 1.82) is 0 Å². The molecule has 3 N–H and O–H groups in total. The standard InChI is InChI=1S/C16H12ClFN4O2/c17-10-3-1-2-9(6-10)16-21-14(22-24-16)8-20-11-4-5-13(18)12(7-11)15(19)23/h1-7,20H,8H2,(H2,19,23). The van der Waals surface area contributed by atoms with Crippen molar-refractivity contribution in [3.63, 3.8) is 0 Å². The molecule has 2 aromatic carbocycles. The summed E-state index contributed by atoms with van der Waals surface area (Å²) in [6.07, 6.45) is 0. The maximum Gasteiger partial charge on any atom is 0.258 e. The lowest BCUT2D eigenvalue weighted by Crippen LogP contribution is -2.13. The summed E-state index contributed by atoms with van der Waals surface area (Å²) < 4.78 is 18.6. The zero-order valence-corrected chi connectivity index (χ0v) is 13.0. The van der Waals surface area contributed by atoms with Gasteiger partial charge in [0.15, 0.2) is 5.82 Å². The Morgan fingerprint density at radius 3 is 2.88 bits per heavy atom. The molecule has 3 aromatic rings. The fraction of sp³-hybridized carbons (Fsp3) is 0.0625. The number of carbonyl (C=O) groups excluding carboxylic acids is 1. The van der Waals surface area contributed by atoms with E-state index in [1.165, 1.54) is 12.1 Å². The zero-order chi connectivity index (χ0) is 17.1. The average molecular weight is 347 g/mol. The molecule has 1 aromatic heterocycles. The van der Waals surface area contributed by atoms with Gasteiger partial charge in [-0.15, -0.1) is 0 Å². The van der Waals surface area contributed by atoms with Crippen LogP contribution in [0.3, 0.4) is 0 Å². The zero-order valence-electron chi connectivity index (χ0n) is 12.3. The van der Waals surface area contributed by atoms with Gasteiger partial charge in [0.25, 0.3) is 11.8 Å². The second-order valence-corrected chi connectivity index (χ2v) is 5.37. The Hall–Kier alpha value is -2.93. The van der Waals surface area contributed by atoms with Gasteiger partial charge in [-0.3, -0.25) is 4.79 Å². The minimum Gasteiger partial charge on any atom is -0.378 e. The largest absolute Gasteiger partial charge is 0.378 e. The summed E-state index contributed by atoms with van der Waals surface area (Å²) in [5.41, 5.74) is 6.15. The third-order valence-electron chi connectivity index (χ3n) is 3.22. The highest BCUT2D eigenvalue weighted by molar-refractivity contribution is 6.30. The van der Waals surface area contributed by atoms with E-state index in [0.29, 0.717) is 28.0 Å². The number of rotatable bonds is 5. The fourth-order valence-electron chi connectivity index (χ4n) is 2.07. The maximum absolute atomic E-state index is 13.4. The van der Waals surface area contributed by atoms with Crippen molar-refractivity contribution in [2.24, 2.45) is 5.73 Å². The van der Waals surface area contributed by atoms with Gasteiger partial charge in [0.2, 0.25) is 0 Å². The Bertz CT molecular complexity index is 897. The number of primary amides is 1. The van der Waals surface area contributed by atoms with E-state index in [1.54, 1.807) is 24.3 Å². The quantitative estimate of drug-likeness (QED) is 0.739. The highest BCUT2D eigenvalue weighted by Crippen LogP contribution is 2.21. The Morgan fingerprint density at radius 2 is 2.12 bits per heavy atom. The molecule has 0 atom stereocenters. The molecule has 1 heterocycles. The van der Waals surface area contributed by atoms with E-state index >= 15 is 0 Å². The molecule has 0 saturated carbocycles. The van der Waals surface area contributed by atoms with Crippen LogP contribution in [0.4, 0.5) is 10.1 Å². The van der Waals surface area contributed by atoms with Crippen LogP contribution in [0, 0.1) is 5.82 Å². The van der Waals surface area contributed by atoms with Crippen LogP contribution in [-0.4, -0.2) is 16.0 Å². The van der Waals surface area contributed by atoms with Gasteiger partial charge in [-0.05, 0) is 36.4 Å². The Balaban J connectivity index is 1.72. The van der Waals surface area contributed by atoms with E-state index in [2.05, 4.69) is 15.5 Å². The lowest BCUT2D eigenvalue weighted by molar-refractivity contribution is 0.0996. The SMILES string of the molecule is NC(=O)c1cc(NCc2noc(-c3cccc(Cl)c3)n2)ccc1F. The van der Waals surface area contributed by atoms with E-state index in [1.807, 2.05) is 0 Å². The lowest BCUT2D eigenvalue weighted by atomic mass is 10.2. The van der Waals surface area contributed by atoms with E-state index in [9.17, 15) is 9.18 Å². The van der Waals surface area contributed by atoms with Gasteiger partial charge in [0.05, 0.1) is 12.1 Å². The number of nitrogens with one attached hydrogen (secondary N) is 1.